The number of aliphatic imine (C=N–C) groups is 1. The van der Waals surface area contributed by atoms with Gasteiger partial charge in [0.1, 0.15) is 11.5 Å². The first-order chi connectivity index (χ1) is 12.1. The summed E-state index contributed by atoms with van der Waals surface area (Å²) in [6.45, 7) is 0. The highest BCUT2D eigenvalue weighted by Crippen LogP contribution is 2.28. The summed E-state index contributed by atoms with van der Waals surface area (Å²) in [7, 11) is 3.18. The van der Waals surface area contributed by atoms with Gasteiger partial charge in [-0.15, -0.1) is 0 Å². The number of carbonyl (C=O) groups excluding carboxylic acids is 1. The Morgan fingerprint density at radius 2 is 1.80 bits per heavy atom. The van der Waals surface area contributed by atoms with Gasteiger partial charge in [0.05, 0.1) is 14.2 Å². The Morgan fingerprint density at radius 3 is 2.48 bits per heavy atom. The Balaban J connectivity index is 1.80. The second-order valence-corrected chi connectivity index (χ2v) is 5.90. The summed E-state index contributed by atoms with van der Waals surface area (Å²) >= 11 is 5.87. The van der Waals surface area contributed by atoms with Gasteiger partial charge in [0.15, 0.2) is 11.5 Å². The summed E-state index contributed by atoms with van der Waals surface area (Å²) in [5, 5.41) is 3.44. The molecule has 0 saturated carbocycles. The van der Waals surface area contributed by atoms with Crippen molar-refractivity contribution in [3.63, 3.8) is 0 Å². The molecule has 1 aliphatic rings. The van der Waals surface area contributed by atoms with Crippen molar-refractivity contribution in [3.05, 3.63) is 64.3 Å². The first-order valence-electron chi connectivity index (χ1n) is 7.66. The lowest BCUT2D eigenvalue weighted by Gasteiger charge is -2.09. The Morgan fingerprint density at radius 1 is 1.08 bits per heavy atom. The van der Waals surface area contributed by atoms with Crippen molar-refractivity contribution in [2.24, 2.45) is 4.99 Å². The van der Waals surface area contributed by atoms with Gasteiger partial charge >= 0.3 is 0 Å². The van der Waals surface area contributed by atoms with Gasteiger partial charge in [0, 0.05) is 11.4 Å². The van der Waals surface area contributed by atoms with Crippen LogP contribution in [0.5, 0.6) is 11.5 Å². The third kappa shape index (κ3) is 4.00. The second-order valence-electron chi connectivity index (χ2n) is 5.46. The van der Waals surface area contributed by atoms with Gasteiger partial charge < -0.3 is 14.8 Å². The lowest BCUT2D eigenvalue weighted by atomic mass is 10.1. The number of nitrogens with one attached hydrogen (secondary N) is 1. The van der Waals surface area contributed by atoms with Crippen LogP contribution in [-0.4, -0.2) is 26.0 Å². The van der Waals surface area contributed by atoms with E-state index < -0.39 is 0 Å². The van der Waals surface area contributed by atoms with Crippen molar-refractivity contribution >= 4 is 29.4 Å². The van der Waals surface area contributed by atoms with E-state index >= 15 is 0 Å². The Hall–Kier alpha value is -2.79. The van der Waals surface area contributed by atoms with Crippen LogP contribution in [0.4, 0.5) is 0 Å². The molecular formula is C19H17ClN2O3. The summed E-state index contributed by atoms with van der Waals surface area (Å²) in [4.78, 5) is 16.5. The molecule has 0 radical (unpaired) electrons. The fourth-order valence-corrected chi connectivity index (χ4v) is 2.63. The minimum atomic E-state index is -0.217. The summed E-state index contributed by atoms with van der Waals surface area (Å²) in [5.74, 6) is 1.68. The first-order valence-corrected chi connectivity index (χ1v) is 8.04. The molecule has 1 amide bonds. The molecule has 1 aliphatic heterocycles. The third-order valence-electron chi connectivity index (χ3n) is 3.74. The first kappa shape index (κ1) is 17.0. The highest BCUT2D eigenvalue weighted by Gasteiger charge is 2.20. The van der Waals surface area contributed by atoms with E-state index in [0.717, 1.165) is 11.1 Å². The van der Waals surface area contributed by atoms with Crippen molar-refractivity contribution in [2.75, 3.05) is 14.2 Å². The van der Waals surface area contributed by atoms with Gasteiger partial charge in [0.25, 0.3) is 5.91 Å². The molecule has 6 heteroatoms. The standard InChI is InChI=1S/C19H17ClN2O3/c1-24-16-8-5-13(10-17(16)25-2)11-18-21-15(19(23)22-18)9-12-3-6-14(20)7-4-12/h3-10H,11H2,1-2H3,(H,21,22,23)/b15-9+. The number of nitrogens with zero attached hydrogens (tertiary/aromatic N) is 1. The molecule has 0 atom stereocenters. The molecular weight excluding hydrogens is 340 g/mol. The fraction of sp³-hybridized carbons (Fsp3) is 0.158. The quantitative estimate of drug-likeness (QED) is 0.834. The number of carbonyl (C=O) groups is 1. The van der Waals surface area contributed by atoms with Gasteiger partial charge in [0.2, 0.25) is 0 Å². The van der Waals surface area contributed by atoms with Crippen LogP contribution in [0, 0.1) is 0 Å². The van der Waals surface area contributed by atoms with Crippen LogP contribution >= 0.6 is 11.6 Å². The Bertz CT molecular complexity index is 857. The van der Waals surface area contributed by atoms with Crippen LogP contribution in [0.15, 0.2) is 53.2 Å². The van der Waals surface area contributed by atoms with Gasteiger partial charge in [-0.3, -0.25) is 4.79 Å². The maximum absolute atomic E-state index is 12.1. The molecule has 0 aliphatic carbocycles. The van der Waals surface area contributed by atoms with E-state index in [9.17, 15) is 4.79 Å². The molecule has 3 rings (SSSR count). The number of amides is 1. The number of ether oxygens (including phenoxy) is 2. The monoisotopic (exact) mass is 356 g/mol. The molecule has 0 fully saturated rings. The average molecular weight is 357 g/mol. The molecule has 128 valence electrons. The normalized spacial score (nSPS) is 15.1. The van der Waals surface area contributed by atoms with E-state index in [1.165, 1.54) is 0 Å². The van der Waals surface area contributed by atoms with Crippen LogP contribution < -0.4 is 14.8 Å². The number of halogens is 1. The molecule has 2 aromatic rings. The molecule has 1 N–H and O–H groups in total. The highest BCUT2D eigenvalue weighted by molar-refractivity contribution is 6.30. The Kier molecular flexibility index (Phi) is 5.05. The minimum absolute atomic E-state index is 0.217. The zero-order valence-corrected chi connectivity index (χ0v) is 14.6. The van der Waals surface area contributed by atoms with Crippen LogP contribution in [0.2, 0.25) is 5.02 Å². The SMILES string of the molecule is COc1ccc(CC2=N/C(=C/c3ccc(Cl)cc3)C(=O)N2)cc1OC. The summed E-state index contributed by atoms with van der Waals surface area (Å²) < 4.78 is 10.5. The number of hydrogen-bond acceptors (Lipinski definition) is 4. The van der Waals surface area contributed by atoms with Gasteiger partial charge in [-0.2, -0.15) is 0 Å². The number of rotatable bonds is 5. The van der Waals surface area contributed by atoms with Crippen molar-refractivity contribution in [2.45, 2.75) is 6.42 Å². The largest absolute Gasteiger partial charge is 0.493 e. The van der Waals surface area contributed by atoms with E-state index in [1.54, 1.807) is 32.4 Å². The lowest BCUT2D eigenvalue weighted by Crippen LogP contribution is -2.25. The Labute approximate surface area is 150 Å². The van der Waals surface area contributed by atoms with E-state index in [2.05, 4.69) is 10.3 Å². The smallest absolute Gasteiger partial charge is 0.275 e. The van der Waals surface area contributed by atoms with E-state index in [4.69, 9.17) is 21.1 Å². The third-order valence-corrected chi connectivity index (χ3v) is 3.99. The van der Waals surface area contributed by atoms with E-state index in [-0.39, 0.29) is 5.91 Å². The lowest BCUT2D eigenvalue weighted by molar-refractivity contribution is -0.115. The zero-order valence-electron chi connectivity index (χ0n) is 13.9. The number of benzene rings is 2. The van der Waals surface area contributed by atoms with E-state index in [1.807, 2.05) is 30.3 Å². The van der Waals surface area contributed by atoms with Gasteiger partial charge in [-0.05, 0) is 41.5 Å². The number of methoxy groups -OCH3 is 2. The van der Waals surface area contributed by atoms with Gasteiger partial charge in [-0.1, -0.05) is 29.8 Å². The topological polar surface area (TPSA) is 59.9 Å². The predicted molar refractivity (Wildman–Crippen MR) is 98.3 cm³/mol. The van der Waals surface area contributed by atoms with Crippen LogP contribution in [0.3, 0.4) is 0 Å². The van der Waals surface area contributed by atoms with Gasteiger partial charge in [-0.25, -0.2) is 4.99 Å². The molecule has 0 saturated heterocycles. The summed E-state index contributed by atoms with van der Waals surface area (Å²) in [6.07, 6.45) is 2.22. The molecule has 1 heterocycles. The molecule has 5 nitrogen and oxygen atoms in total. The fourth-order valence-electron chi connectivity index (χ4n) is 2.50. The summed E-state index contributed by atoms with van der Waals surface area (Å²) in [5.41, 5.74) is 2.20. The number of amidine groups is 1. The van der Waals surface area contributed by atoms with Crippen LogP contribution in [0.1, 0.15) is 11.1 Å². The molecule has 0 aromatic heterocycles. The van der Waals surface area contributed by atoms with Crippen molar-refractivity contribution in [3.8, 4) is 11.5 Å². The average Bonchev–Trinajstić information content (AvgIpc) is 2.96. The molecule has 0 unspecified atom stereocenters. The number of hydrogen-bond donors (Lipinski definition) is 1. The molecule has 0 spiro atoms. The molecule has 25 heavy (non-hydrogen) atoms. The maximum Gasteiger partial charge on any atom is 0.275 e. The zero-order chi connectivity index (χ0) is 17.8. The minimum Gasteiger partial charge on any atom is -0.493 e. The van der Waals surface area contributed by atoms with Crippen molar-refractivity contribution in [1.82, 2.24) is 5.32 Å². The summed E-state index contributed by atoms with van der Waals surface area (Å²) in [6, 6.07) is 12.8. The van der Waals surface area contributed by atoms with Crippen molar-refractivity contribution in [1.29, 1.82) is 0 Å². The van der Waals surface area contributed by atoms with Crippen LogP contribution in [0.25, 0.3) is 6.08 Å². The van der Waals surface area contributed by atoms with Crippen LogP contribution in [-0.2, 0) is 11.2 Å². The highest BCUT2D eigenvalue weighted by atomic mass is 35.5. The molecule has 0 bridgehead atoms. The van der Waals surface area contributed by atoms with E-state index in [0.29, 0.717) is 34.5 Å². The van der Waals surface area contributed by atoms with Crippen molar-refractivity contribution < 1.29 is 14.3 Å². The second kappa shape index (κ2) is 7.40. The maximum atomic E-state index is 12.1. The molecule has 2 aromatic carbocycles. The predicted octanol–water partition coefficient (Wildman–Crippen LogP) is 3.47.